The summed E-state index contributed by atoms with van der Waals surface area (Å²) in [4.78, 5) is 10.3. The van der Waals surface area contributed by atoms with Crippen molar-refractivity contribution in [1.82, 2.24) is 9.97 Å². The molecule has 1 fully saturated rings. The van der Waals surface area contributed by atoms with Crippen LogP contribution in [0.5, 0.6) is 5.88 Å². The first-order chi connectivity index (χ1) is 7.69. The minimum atomic E-state index is 0.373. The summed E-state index contributed by atoms with van der Waals surface area (Å²) in [6, 6.07) is 1.84. The number of hydrogen-bond donors (Lipinski definition) is 0. The zero-order valence-electron chi connectivity index (χ0n) is 9.56. The lowest BCUT2D eigenvalue weighted by Gasteiger charge is -2.34. The second-order valence-electron chi connectivity index (χ2n) is 4.23. The standard InChI is InChI=1S/C11H16ClN3O/c1-15(6-8-3-9(12)4-8)10-5-11(16-2)14-7-13-10/h5,7-9H,3-4,6H2,1-2H3. The van der Waals surface area contributed by atoms with Gasteiger partial charge in [-0.25, -0.2) is 9.97 Å². The molecule has 16 heavy (non-hydrogen) atoms. The monoisotopic (exact) mass is 241 g/mol. The highest BCUT2D eigenvalue weighted by molar-refractivity contribution is 6.21. The maximum absolute atomic E-state index is 5.96. The predicted octanol–water partition coefficient (Wildman–Crippen LogP) is 1.94. The molecule has 1 aliphatic rings. The molecular weight excluding hydrogens is 226 g/mol. The van der Waals surface area contributed by atoms with Gasteiger partial charge in [-0.2, -0.15) is 0 Å². The molecule has 0 unspecified atom stereocenters. The van der Waals surface area contributed by atoms with Crippen LogP contribution in [0, 0.1) is 5.92 Å². The van der Waals surface area contributed by atoms with Crippen molar-refractivity contribution in [2.75, 3.05) is 25.6 Å². The molecule has 1 saturated carbocycles. The first kappa shape index (κ1) is 11.5. The van der Waals surface area contributed by atoms with Crippen LogP contribution in [0.4, 0.5) is 5.82 Å². The highest BCUT2D eigenvalue weighted by Crippen LogP contribution is 2.32. The van der Waals surface area contributed by atoms with Crippen molar-refractivity contribution in [1.29, 1.82) is 0 Å². The second kappa shape index (κ2) is 4.87. The van der Waals surface area contributed by atoms with E-state index in [-0.39, 0.29) is 0 Å². The quantitative estimate of drug-likeness (QED) is 0.756. The Kier molecular flexibility index (Phi) is 3.49. The topological polar surface area (TPSA) is 38.2 Å². The summed E-state index contributed by atoms with van der Waals surface area (Å²) < 4.78 is 5.07. The number of halogens is 1. The first-order valence-electron chi connectivity index (χ1n) is 5.40. The Morgan fingerprint density at radius 2 is 2.25 bits per heavy atom. The lowest BCUT2D eigenvalue weighted by atomic mass is 9.84. The third-order valence-corrected chi connectivity index (χ3v) is 3.29. The van der Waals surface area contributed by atoms with Crippen molar-refractivity contribution < 1.29 is 4.74 Å². The van der Waals surface area contributed by atoms with E-state index in [4.69, 9.17) is 16.3 Å². The fourth-order valence-electron chi connectivity index (χ4n) is 1.93. The number of aromatic nitrogens is 2. The molecule has 88 valence electrons. The Labute approximate surface area is 101 Å². The third kappa shape index (κ3) is 2.55. The predicted molar refractivity (Wildman–Crippen MR) is 64.2 cm³/mol. The molecule has 5 heteroatoms. The van der Waals surface area contributed by atoms with Crippen LogP contribution in [0.3, 0.4) is 0 Å². The van der Waals surface area contributed by atoms with E-state index in [0.717, 1.165) is 25.2 Å². The summed E-state index contributed by atoms with van der Waals surface area (Å²) in [6.45, 7) is 0.989. The summed E-state index contributed by atoms with van der Waals surface area (Å²) in [7, 11) is 3.64. The molecule has 0 spiro atoms. The molecule has 1 heterocycles. The molecule has 1 aliphatic carbocycles. The minimum absolute atomic E-state index is 0.373. The summed E-state index contributed by atoms with van der Waals surface area (Å²) in [5, 5.41) is 0.373. The average molecular weight is 242 g/mol. The van der Waals surface area contributed by atoms with E-state index in [0.29, 0.717) is 17.2 Å². The van der Waals surface area contributed by atoms with Crippen molar-refractivity contribution in [3.8, 4) is 5.88 Å². The van der Waals surface area contributed by atoms with Gasteiger partial charge in [-0.15, -0.1) is 11.6 Å². The van der Waals surface area contributed by atoms with Crippen molar-refractivity contribution in [2.45, 2.75) is 18.2 Å². The van der Waals surface area contributed by atoms with Crippen molar-refractivity contribution in [3.63, 3.8) is 0 Å². The Balaban J connectivity index is 1.94. The van der Waals surface area contributed by atoms with Crippen LogP contribution in [0.15, 0.2) is 12.4 Å². The highest BCUT2D eigenvalue weighted by Gasteiger charge is 2.28. The van der Waals surface area contributed by atoms with E-state index in [1.54, 1.807) is 7.11 Å². The summed E-state index contributed by atoms with van der Waals surface area (Å²) in [5.74, 6) is 2.18. The fourth-order valence-corrected chi connectivity index (χ4v) is 2.44. The normalized spacial score (nSPS) is 23.7. The molecule has 0 atom stereocenters. The van der Waals surface area contributed by atoms with E-state index >= 15 is 0 Å². The maximum Gasteiger partial charge on any atom is 0.218 e. The number of ether oxygens (including phenoxy) is 1. The van der Waals surface area contributed by atoms with Gasteiger partial charge in [0.2, 0.25) is 5.88 Å². The fraction of sp³-hybridized carbons (Fsp3) is 0.636. The molecular formula is C11H16ClN3O. The molecule has 2 rings (SSSR count). The lowest BCUT2D eigenvalue weighted by Crippen LogP contribution is -2.35. The first-order valence-corrected chi connectivity index (χ1v) is 5.84. The van der Waals surface area contributed by atoms with Crippen LogP contribution in [0.25, 0.3) is 0 Å². The molecule has 0 radical (unpaired) electrons. The Morgan fingerprint density at radius 1 is 1.50 bits per heavy atom. The van der Waals surface area contributed by atoms with Gasteiger partial charge in [-0.3, -0.25) is 0 Å². The number of rotatable bonds is 4. The Bertz CT molecular complexity index is 355. The number of anilines is 1. The van der Waals surface area contributed by atoms with Gasteiger partial charge < -0.3 is 9.64 Å². The summed E-state index contributed by atoms with van der Waals surface area (Å²) in [5.41, 5.74) is 0. The molecule has 0 amide bonds. The van der Waals surface area contributed by atoms with E-state index in [1.165, 1.54) is 6.33 Å². The third-order valence-electron chi connectivity index (χ3n) is 2.94. The second-order valence-corrected chi connectivity index (χ2v) is 4.85. The molecule has 0 saturated heterocycles. The van der Waals surface area contributed by atoms with Gasteiger partial charge >= 0.3 is 0 Å². The Hall–Kier alpha value is -1.03. The van der Waals surface area contributed by atoms with Gasteiger partial charge in [0, 0.05) is 25.0 Å². The van der Waals surface area contributed by atoms with Gasteiger partial charge in [0.1, 0.15) is 12.1 Å². The van der Waals surface area contributed by atoms with Crippen molar-refractivity contribution in [3.05, 3.63) is 12.4 Å². The van der Waals surface area contributed by atoms with Crippen LogP contribution in [0.2, 0.25) is 0 Å². The highest BCUT2D eigenvalue weighted by atomic mass is 35.5. The van der Waals surface area contributed by atoms with E-state index in [1.807, 2.05) is 13.1 Å². The van der Waals surface area contributed by atoms with E-state index in [9.17, 15) is 0 Å². The van der Waals surface area contributed by atoms with Gasteiger partial charge in [0.25, 0.3) is 0 Å². The van der Waals surface area contributed by atoms with Crippen LogP contribution >= 0.6 is 11.6 Å². The van der Waals surface area contributed by atoms with Crippen LogP contribution in [-0.4, -0.2) is 36.0 Å². The van der Waals surface area contributed by atoms with E-state index < -0.39 is 0 Å². The van der Waals surface area contributed by atoms with Gasteiger partial charge in [0.05, 0.1) is 7.11 Å². The minimum Gasteiger partial charge on any atom is -0.481 e. The largest absolute Gasteiger partial charge is 0.481 e. The number of alkyl halides is 1. The zero-order valence-corrected chi connectivity index (χ0v) is 10.3. The molecule has 0 N–H and O–H groups in total. The van der Waals surface area contributed by atoms with Gasteiger partial charge in [-0.05, 0) is 18.8 Å². The van der Waals surface area contributed by atoms with Crippen LogP contribution in [-0.2, 0) is 0 Å². The summed E-state index contributed by atoms with van der Waals surface area (Å²) >= 11 is 5.96. The Morgan fingerprint density at radius 3 is 2.88 bits per heavy atom. The van der Waals surface area contributed by atoms with Gasteiger partial charge in [0.15, 0.2) is 0 Å². The lowest BCUT2D eigenvalue weighted by molar-refractivity contribution is 0.328. The molecule has 0 aromatic carbocycles. The smallest absolute Gasteiger partial charge is 0.218 e. The SMILES string of the molecule is COc1cc(N(C)CC2CC(Cl)C2)ncn1. The van der Waals surface area contributed by atoms with Crippen LogP contribution < -0.4 is 9.64 Å². The summed E-state index contributed by atoms with van der Waals surface area (Å²) in [6.07, 6.45) is 3.73. The van der Waals surface area contributed by atoms with Gasteiger partial charge in [-0.1, -0.05) is 0 Å². The number of methoxy groups -OCH3 is 1. The number of nitrogens with zero attached hydrogens (tertiary/aromatic N) is 3. The average Bonchev–Trinajstić information content (AvgIpc) is 2.27. The zero-order chi connectivity index (χ0) is 11.5. The van der Waals surface area contributed by atoms with E-state index in [2.05, 4.69) is 14.9 Å². The van der Waals surface area contributed by atoms with Crippen molar-refractivity contribution >= 4 is 17.4 Å². The molecule has 1 aromatic rings. The maximum atomic E-state index is 5.96. The van der Waals surface area contributed by atoms with Crippen molar-refractivity contribution in [2.24, 2.45) is 5.92 Å². The number of hydrogen-bond acceptors (Lipinski definition) is 4. The molecule has 4 nitrogen and oxygen atoms in total. The molecule has 1 aromatic heterocycles. The van der Waals surface area contributed by atoms with Crippen LogP contribution in [0.1, 0.15) is 12.8 Å². The molecule has 0 bridgehead atoms. The molecule has 0 aliphatic heterocycles.